The molecule has 1 aliphatic rings. The van der Waals surface area contributed by atoms with Crippen LogP contribution in [-0.4, -0.2) is 38.0 Å². The minimum atomic E-state index is -3.52. The molecule has 0 spiro atoms. The Bertz CT molecular complexity index is 865. The van der Waals surface area contributed by atoms with E-state index in [1.807, 2.05) is 36.4 Å². The summed E-state index contributed by atoms with van der Waals surface area (Å²) in [6.45, 7) is 3.36. The molecule has 2 aromatic carbocycles. The van der Waals surface area contributed by atoms with Crippen molar-refractivity contribution in [3.8, 4) is 11.1 Å². The molecule has 2 N–H and O–H groups in total. The number of nitrogens with one attached hydrogen (secondary N) is 1. The third-order valence-corrected chi connectivity index (χ3v) is 6.78. The zero-order valence-electron chi connectivity index (χ0n) is 14.6. The van der Waals surface area contributed by atoms with Gasteiger partial charge in [-0.15, -0.1) is 0 Å². The summed E-state index contributed by atoms with van der Waals surface area (Å²) in [5.74, 6) is 0. The van der Waals surface area contributed by atoms with E-state index in [0.717, 1.165) is 11.1 Å². The number of hydrogen-bond donors (Lipinski definition) is 2. The average Bonchev–Trinajstić information content (AvgIpc) is 2.97. The highest BCUT2D eigenvalue weighted by Gasteiger charge is 2.46. The molecule has 26 heavy (non-hydrogen) atoms. The maximum absolute atomic E-state index is 12.2. The molecule has 1 aliphatic heterocycles. The first-order valence-corrected chi connectivity index (χ1v) is 10.3. The number of rotatable bonds is 5. The maximum Gasteiger partial charge on any atom is 0.214 e. The highest BCUT2D eigenvalue weighted by atomic mass is 35.5. The van der Waals surface area contributed by atoms with Crippen molar-refractivity contribution in [2.75, 3.05) is 13.2 Å². The van der Waals surface area contributed by atoms with Gasteiger partial charge < -0.3 is 9.84 Å². The number of benzene rings is 2. The van der Waals surface area contributed by atoms with Gasteiger partial charge in [0.2, 0.25) is 10.0 Å². The van der Waals surface area contributed by atoms with Crippen LogP contribution >= 0.6 is 11.6 Å². The van der Waals surface area contributed by atoms with Crippen LogP contribution in [0.2, 0.25) is 5.02 Å². The average molecular weight is 396 g/mol. The van der Waals surface area contributed by atoms with Crippen LogP contribution in [-0.2, 0) is 20.4 Å². The molecule has 0 aliphatic carbocycles. The first kappa shape index (κ1) is 19.3. The van der Waals surface area contributed by atoms with Crippen molar-refractivity contribution < 1.29 is 18.3 Å². The van der Waals surface area contributed by atoms with Crippen LogP contribution in [0.15, 0.2) is 48.5 Å². The molecule has 1 fully saturated rings. The second-order valence-electron chi connectivity index (χ2n) is 6.79. The van der Waals surface area contributed by atoms with E-state index in [2.05, 4.69) is 4.72 Å². The molecule has 1 heterocycles. The van der Waals surface area contributed by atoms with Crippen molar-refractivity contribution in [3.05, 3.63) is 59.1 Å². The Morgan fingerprint density at radius 2 is 1.65 bits per heavy atom. The Morgan fingerprint density at radius 1 is 1.12 bits per heavy atom. The molecule has 7 heteroatoms. The van der Waals surface area contributed by atoms with Gasteiger partial charge in [0.15, 0.2) is 0 Å². The SMILES string of the molecule is CC(C)S(=O)(=O)NC1COCC1(O)c1ccc(-c2ccc(Cl)cc2)cc1. The minimum absolute atomic E-state index is 0.0403. The summed E-state index contributed by atoms with van der Waals surface area (Å²) in [6, 6.07) is 14.1. The fourth-order valence-corrected chi connectivity index (χ4v) is 3.97. The fraction of sp³-hybridized carbons (Fsp3) is 0.368. The topological polar surface area (TPSA) is 75.6 Å². The summed E-state index contributed by atoms with van der Waals surface area (Å²) in [5, 5.41) is 11.2. The molecule has 0 amide bonds. The Balaban J connectivity index is 1.86. The first-order valence-electron chi connectivity index (χ1n) is 8.40. The summed E-state index contributed by atoms with van der Waals surface area (Å²) in [4.78, 5) is 0. The summed E-state index contributed by atoms with van der Waals surface area (Å²) < 4.78 is 32.3. The van der Waals surface area contributed by atoms with E-state index in [1.54, 1.807) is 26.0 Å². The molecular formula is C19H22ClNO4S. The van der Waals surface area contributed by atoms with Gasteiger partial charge in [0, 0.05) is 5.02 Å². The Kier molecular flexibility index (Phi) is 5.42. The molecule has 5 nitrogen and oxygen atoms in total. The summed E-state index contributed by atoms with van der Waals surface area (Å²) in [6.07, 6.45) is 0. The van der Waals surface area contributed by atoms with Crippen molar-refractivity contribution in [2.24, 2.45) is 0 Å². The van der Waals surface area contributed by atoms with Gasteiger partial charge >= 0.3 is 0 Å². The van der Waals surface area contributed by atoms with Crippen molar-refractivity contribution in [1.29, 1.82) is 0 Å². The van der Waals surface area contributed by atoms with Gasteiger partial charge in [0.25, 0.3) is 0 Å². The molecule has 0 saturated carbocycles. The van der Waals surface area contributed by atoms with Crippen LogP contribution in [0.3, 0.4) is 0 Å². The lowest BCUT2D eigenvalue weighted by Gasteiger charge is -2.29. The summed E-state index contributed by atoms with van der Waals surface area (Å²) in [7, 11) is -3.52. The second kappa shape index (κ2) is 7.29. The lowest BCUT2D eigenvalue weighted by atomic mass is 9.88. The van der Waals surface area contributed by atoms with Crippen molar-refractivity contribution in [2.45, 2.75) is 30.7 Å². The molecule has 2 atom stereocenters. The van der Waals surface area contributed by atoms with Crippen LogP contribution in [0.25, 0.3) is 11.1 Å². The fourth-order valence-electron chi connectivity index (χ4n) is 2.91. The number of sulfonamides is 1. The third-order valence-electron chi connectivity index (χ3n) is 4.67. The zero-order chi connectivity index (χ0) is 18.9. The molecule has 1 saturated heterocycles. The largest absolute Gasteiger partial charge is 0.381 e. The zero-order valence-corrected chi connectivity index (χ0v) is 16.2. The Hall–Kier alpha value is -1.44. The third kappa shape index (κ3) is 3.80. The first-order chi connectivity index (χ1) is 12.2. The maximum atomic E-state index is 12.2. The van der Waals surface area contributed by atoms with Gasteiger partial charge in [-0.1, -0.05) is 48.0 Å². The smallest absolute Gasteiger partial charge is 0.214 e. The normalized spacial score (nSPS) is 23.5. The van der Waals surface area contributed by atoms with Crippen LogP contribution in [0.4, 0.5) is 0 Å². The van der Waals surface area contributed by atoms with Crippen molar-refractivity contribution in [1.82, 2.24) is 4.72 Å². The molecule has 0 radical (unpaired) electrons. The van der Waals surface area contributed by atoms with Crippen molar-refractivity contribution >= 4 is 21.6 Å². The van der Waals surface area contributed by atoms with Gasteiger partial charge in [0.05, 0.1) is 24.5 Å². The van der Waals surface area contributed by atoms with Crippen LogP contribution in [0.5, 0.6) is 0 Å². The van der Waals surface area contributed by atoms with Gasteiger partial charge in [-0.05, 0) is 42.7 Å². The van der Waals surface area contributed by atoms with Gasteiger partial charge in [0.1, 0.15) is 5.60 Å². The Labute approximate surface area is 159 Å². The molecule has 0 aromatic heterocycles. The van der Waals surface area contributed by atoms with Gasteiger partial charge in [-0.2, -0.15) is 0 Å². The lowest BCUT2D eigenvalue weighted by molar-refractivity contribution is 0.0121. The quantitative estimate of drug-likeness (QED) is 0.816. The minimum Gasteiger partial charge on any atom is -0.381 e. The monoisotopic (exact) mass is 395 g/mol. The molecule has 2 unspecified atom stereocenters. The summed E-state index contributed by atoms with van der Waals surface area (Å²) in [5.41, 5.74) is 1.20. The van der Waals surface area contributed by atoms with E-state index in [1.165, 1.54) is 0 Å². The van der Waals surface area contributed by atoms with Crippen LogP contribution < -0.4 is 4.72 Å². The number of ether oxygens (including phenoxy) is 1. The Morgan fingerprint density at radius 3 is 2.19 bits per heavy atom. The van der Waals surface area contributed by atoms with Crippen LogP contribution in [0, 0.1) is 0 Å². The summed E-state index contributed by atoms with van der Waals surface area (Å²) >= 11 is 5.92. The number of aliphatic hydroxyl groups is 1. The highest BCUT2D eigenvalue weighted by Crippen LogP contribution is 2.33. The predicted molar refractivity (Wildman–Crippen MR) is 103 cm³/mol. The molecule has 140 valence electrons. The van der Waals surface area contributed by atoms with Gasteiger partial charge in [-0.3, -0.25) is 0 Å². The highest BCUT2D eigenvalue weighted by molar-refractivity contribution is 7.90. The second-order valence-corrected chi connectivity index (χ2v) is 9.49. The van der Waals surface area contributed by atoms with Crippen molar-refractivity contribution in [3.63, 3.8) is 0 Å². The molecule has 2 aromatic rings. The molecule has 0 bridgehead atoms. The predicted octanol–water partition coefficient (Wildman–Crippen LogP) is 2.92. The van der Waals surface area contributed by atoms with Gasteiger partial charge in [-0.25, -0.2) is 13.1 Å². The molecule has 3 rings (SSSR count). The van der Waals surface area contributed by atoms with E-state index in [9.17, 15) is 13.5 Å². The molecular weight excluding hydrogens is 374 g/mol. The standard InChI is InChI=1S/C19H22ClNO4S/c1-13(2)26(23,24)21-18-11-25-12-19(18,22)16-7-3-14(4-8-16)15-5-9-17(20)10-6-15/h3-10,13,18,21-22H,11-12H2,1-2H3. The van der Waals surface area contributed by atoms with E-state index in [4.69, 9.17) is 16.3 Å². The van der Waals surface area contributed by atoms with E-state index in [0.29, 0.717) is 10.6 Å². The lowest BCUT2D eigenvalue weighted by Crippen LogP contribution is -2.51. The van der Waals surface area contributed by atoms with Crippen LogP contribution in [0.1, 0.15) is 19.4 Å². The van der Waals surface area contributed by atoms with E-state index >= 15 is 0 Å². The van der Waals surface area contributed by atoms with E-state index < -0.39 is 26.9 Å². The number of hydrogen-bond acceptors (Lipinski definition) is 4. The number of halogens is 1. The van der Waals surface area contributed by atoms with E-state index in [-0.39, 0.29) is 13.2 Å².